The van der Waals surface area contributed by atoms with Gasteiger partial charge in [0.15, 0.2) is 0 Å². The Bertz CT molecular complexity index is 577. The molecule has 2 aromatic rings. The Morgan fingerprint density at radius 2 is 2.16 bits per heavy atom. The van der Waals surface area contributed by atoms with Crippen molar-refractivity contribution in [2.75, 3.05) is 6.61 Å². The Hall–Kier alpha value is -1.48. The molecule has 4 heteroatoms. The summed E-state index contributed by atoms with van der Waals surface area (Å²) >= 11 is 5.98. The van der Waals surface area contributed by atoms with E-state index in [9.17, 15) is 4.79 Å². The van der Waals surface area contributed by atoms with Gasteiger partial charge in [-0.1, -0.05) is 24.9 Å². The van der Waals surface area contributed by atoms with E-state index >= 15 is 0 Å². The van der Waals surface area contributed by atoms with Crippen molar-refractivity contribution >= 4 is 28.5 Å². The van der Waals surface area contributed by atoms with Crippen LogP contribution in [0.5, 0.6) is 0 Å². The van der Waals surface area contributed by atoms with E-state index in [1.807, 2.05) is 42.0 Å². The Morgan fingerprint density at radius 3 is 2.84 bits per heavy atom. The zero-order chi connectivity index (χ0) is 13.8. The molecule has 0 radical (unpaired) electrons. The van der Waals surface area contributed by atoms with Crippen LogP contribution in [0.4, 0.5) is 0 Å². The molecule has 2 rings (SSSR count). The number of carbonyl (C=O) groups is 1. The van der Waals surface area contributed by atoms with Crippen molar-refractivity contribution in [3.8, 4) is 0 Å². The van der Waals surface area contributed by atoms with Gasteiger partial charge in [0, 0.05) is 22.1 Å². The van der Waals surface area contributed by atoms with E-state index in [0.29, 0.717) is 11.6 Å². The van der Waals surface area contributed by atoms with Crippen molar-refractivity contribution in [3.63, 3.8) is 0 Å². The van der Waals surface area contributed by atoms with Gasteiger partial charge >= 0.3 is 5.97 Å². The number of aromatic nitrogens is 1. The van der Waals surface area contributed by atoms with Crippen LogP contribution in [0.3, 0.4) is 0 Å². The maximum absolute atomic E-state index is 12.1. The van der Waals surface area contributed by atoms with Crippen LogP contribution in [-0.2, 0) is 9.53 Å². The number of fused-ring (bicyclic) bond motifs is 1. The number of carbonyl (C=O) groups excluding carboxylic acids is 1. The average Bonchev–Trinajstić information content (AvgIpc) is 2.78. The first-order valence-corrected chi connectivity index (χ1v) is 6.98. The van der Waals surface area contributed by atoms with Crippen molar-refractivity contribution in [2.24, 2.45) is 0 Å². The minimum Gasteiger partial charge on any atom is -0.464 e. The predicted octanol–water partition coefficient (Wildman–Crippen LogP) is 4.20. The Balaban J connectivity index is 2.41. The fourth-order valence-corrected chi connectivity index (χ4v) is 2.47. The van der Waals surface area contributed by atoms with Crippen molar-refractivity contribution in [3.05, 3.63) is 35.5 Å². The van der Waals surface area contributed by atoms with Crippen molar-refractivity contribution < 1.29 is 9.53 Å². The number of halogens is 1. The molecule has 1 unspecified atom stereocenters. The molecule has 102 valence electrons. The predicted molar refractivity (Wildman–Crippen MR) is 77.5 cm³/mol. The fraction of sp³-hybridized carbons (Fsp3) is 0.400. The second kappa shape index (κ2) is 6.11. The summed E-state index contributed by atoms with van der Waals surface area (Å²) in [5, 5.41) is 1.74. The van der Waals surface area contributed by atoms with Crippen molar-refractivity contribution in [1.82, 2.24) is 4.57 Å². The molecule has 19 heavy (non-hydrogen) atoms. The van der Waals surface area contributed by atoms with E-state index in [2.05, 4.69) is 6.92 Å². The highest BCUT2D eigenvalue weighted by Crippen LogP contribution is 2.26. The first-order chi connectivity index (χ1) is 9.17. The van der Waals surface area contributed by atoms with E-state index in [4.69, 9.17) is 16.3 Å². The molecule has 0 N–H and O–H groups in total. The number of nitrogens with zero attached hydrogens (tertiary/aromatic N) is 1. The second-order valence-corrected chi connectivity index (χ2v) is 4.92. The molecule has 0 aliphatic rings. The zero-order valence-corrected chi connectivity index (χ0v) is 12.0. The molecule has 1 atom stereocenters. The minimum absolute atomic E-state index is 0.170. The van der Waals surface area contributed by atoms with E-state index in [1.165, 1.54) is 0 Å². The first-order valence-electron chi connectivity index (χ1n) is 6.60. The lowest BCUT2D eigenvalue weighted by atomic mass is 10.1. The zero-order valence-electron chi connectivity index (χ0n) is 11.2. The Morgan fingerprint density at radius 1 is 1.37 bits per heavy atom. The molecule has 0 bridgehead atoms. The normalized spacial score (nSPS) is 12.6. The van der Waals surface area contributed by atoms with Crippen LogP contribution >= 0.6 is 11.6 Å². The van der Waals surface area contributed by atoms with Gasteiger partial charge in [0.25, 0.3) is 0 Å². The summed E-state index contributed by atoms with van der Waals surface area (Å²) in [7, 11) is 0. The van der Waals surface area contributed by atoms with Gasteiger partial charge in [-0.2, -0.15) is 0 Å². The van der Waals surface area contributed by atoms with Crippen LogP contribution in [0, 0.1) is 0 Å². The molecule has 0 saturated carbocycles. The summed E-state index contributed by atoms with van der Waals surface area (Å²) in [6, 6.07) is 7.40. The Kier molecular flexibility index (Phi) is 4.48. The quantitative estimate of drug-likeness (QED) is 0.768. The molecule has 0 amide bonds. The highest BCUT2D eigenvalue weighted by atomic mass is 35.5. The van der Waals surface area contributed by atoms with Gasteiger partial charge in [-0.25, -0.2) is 4.79 Å². The minimum atomic E-state index is -0.261. The van der Waals surface area contributed by atoms with Crippen LogP contribution in [-0.4, -0.2) is 17.1 Å². The van der Waals surface area contributed by atoms with Gasteiger partial charge in [-0.05, 0) is 37.6 Å². The number of rotatable bonds is 5. The standard InChI is InChI=1S/C15H18ClNO2/c1-3-5-14(15(18)19-4-2)17-9-8-11-10-12(16)6-7-13(11)17/h6-10,14H,3-5H2,1-2H3. The molecule has 0 fully saturated rings. The molecular formula is C15H18ClNO2. The molecule has 0 aliphatic heterocycles. The summed E-state index contributed by atoms with van der Waals surface area (Å²) in [5.41, 5.74) is 1.01. The third-order valence-electron chi connectivity index (χ3n) is 3.14. The van der Waals surface area contributed by atoms with Crippen molar-refractivity contribution in [2.45, 2.75) is 32.7 Å². The van der Waals surface area contributed by atoms with Gasteiger partial charge < -0.3 is 9.30 Å². The van der Waals surface area contributed by atoms with Crippen LogP contribution in [0.25, 0.3) is 10.9 Å². The van der Waals surface area contributed by atoms with Gasteiger partial charge in [-0.15, -0.1) is 0 Å². The second-order valence-electron chi connectivity index (χ2n) is 4.48. The smallest absolute Gasteiger partial charge is 0.329 e. The number of ether oxygens (including phenoxy) is 1. The molecule has 1 aromatic heterocycles. The summed E-state index contributed by atoms with van der Waals surface area (Å²) < 4.78 is 7.15. The summed E-state index contributed by atoms with van der Waals surface area (Å²) in [6.07, 6.45) is 3.63. The first kappa shape index (κ1) is 13.9. The third kappa shape index (κ3) is 2.92. The fourth-order valence-electron chi connectivity index (χ4n) is 2.29. The van der Waals surface area contributed by atoms with Crippen molar-refractivity contribution in [1.29, 1.82) is 0 Å². The number of esters is 1. The molecular weight excluding hydrogens is 262 g/mol. The molecule has 0 saturated heterocycles. The van der Waals surface area contributed by atoms with Crippen LogP contribution in [0.1, 0.15) is 32.7 Å². The third-order valence-corrected chi connectivity index (χ3v) is 3.37. The van der Waals surface area contributed by atoms with Crippen LogP contribution < -0.4 is 0 Å². The summed E-state index contributed by atoms with van der Waals surface area (Å²) in [6.45, 7) is 4.30. The van der Waals surface area contributed by atoms with E-state index in [-0.39, 0.29) is 12.0 Å². The Labute approximate surface area is 118 Å². The van der Waals surface area contributed by atoms with Gasteiger partial charge in [0.05, 0.1) is 6.61 Å². The van der Waals surface area contributed by atoms with Gasteiger partial charge in [0.2, 0.25) is 0 Å². The highest BCUT2D eigenvalue weighted by Gasteiger charge is 2.21. The largest absolute Gasteiger partial charge is 0.464 e. The molecule has 0 aliphatic carbocycles. The SMILES string of the molecule is CCCC(C(=O)OCC)n1ccc2cc(Cl)ccc21. The number of hydrogen-bond donors (Lipinski definition) is 0. The topological polar surface area (TPSA) is 31.2 Å². The maximum Gasteiger partial charge on any atom is 0.329 e. The van der Waals surface area contributed by atoms with Gasteiger partial charge in [-0.3, -0.25) is 0 Å². The molecule has 1 aromatic carbocycles. The summed E-state index contributed by atoms with van der Waals surface area (Å²) in [4.78, 5) is 12.1. The van der Waals surface area contributed by atoms with Gasteiger partial charge in [0.1, 0.15) is 6.04 Å². The lowest BCUT2D eigenvalue weighted by Crippen LogP contribution is -2.21. The van der Waals surface area contributed by atoms with E-state index < -0.39 is 0 Å². The molecule has 1 heterocycles. The lowest BCUT2D eigenvalue weighted by molar-refractivity contribution is -0.147. The highest BCUT2D eigenvalue weighted by molar-refractivity contribution is 6.31. The van der Waals surface area contributed by atoms with E-state index in [0.717, 1.165) is 23.7 Å². The number of hydrogen-bond acceptors (Lipinski definition) is 2. The maximum atomic E-state index is 12.1. The van der Waals surface area contributed by atoms with Crippen LogP contribution in [0.15, 0.2) is 30.5 Å². The average molecular weight is 280 g/mol. The molecule has 3 nitrogen and oxygen atoms in total. The molecule has 0 spiro atoms. The summed E-state index contributed by atoms with van der Waals surface area (Å²) in [5.74, 6) is -0.170. The number of benzene rings is 1. The monoisotopic (exact) mass is 279 g/mol. The van der Waals surface area contributed by atoms with Crippen LogP contribution in [0.2, 0.25) is 5.02 Å². The van der Waals surface area contributed by atoms with E-state index in [1.54, 1.807) is 0 Å². The lowest BCUT2D eigenvalue weighted by Gasteiger charge is -2.18.